The lowest BCUT2D eigenvalue weighted by atomic mass is 10.1. The van der Waals surface area contributed by atoms with Gasteiger partial charge in [-0.2, -0.15) is 0 Å². The zero-order chi connectivity index (χ0) is 14.2. The van der Waals surface area contributed by atoms with Gasteiger partial charge in [0.05, 0.1) is 6.61 Å². The van der Waals surface area contributed by atoms with Gasteiger partial charge in [-0.3, -0.25) is 9.59 Å². The van der Waals surface area contributed by atoms with Crippen molar-refractivity contribution < 1.29 is 14.7 Å². The number of aryl methyl sites for hydroxylation is 1. The molecule has 1 aliphatic rings. The molecule has 1 heterocycles. The molecule has 3 N–H and O–H groups in total. The predicted molar refractivity (Wildman–Crippen MR) is 71.4 cm³/mol. The average molecular weight is 264 g/mol. The monoisotopic (exact) mass is 264 g/mol. The lowest BCUT2D eigenvalue weighted by Crippen LogP contribution is -2.32. The summed E-state index contributed by atoms with van der Waals surface area (Å²) in [5.74, 6) is -0.257. The number of aromatic amines is 1. The van der Waals surface area contributed by atoms with Crippen LogP contribution in [0.3, 0.4) is 0 Å². The van der Waals surface area contributed by atoms with Crippen molar-refractivity contribution in [3.05, 3.63) is 22.5 Å². The molecule has 0 unspecified atom stereocenters. The lowest BCUT2D eigenvalue weighted by Gasteiger charge is -2.12. The van der Waals surface area contributed by atoms with Crippen LogP contribution in [-0.4, -0.2) is 34.9 Å². The van der Waals surface area contributed by atoms with Gasteiger partial charge in [0.25, 0.3) is 5.91 Å². The van der Waals surface area contributed by atoms with Gasteiger partial charge in [0.1, 0.15) is 5.69 Å². The Morgan fingerprint density at radius 3 is 2.42 bits per heavy atom. The Morgan fingerprint density at radius 2 is 2.00 bits per heavy atom. The first-order valence-electron chi connectivity index (χ1n) is 6.49. The van der Waals surface area contributed by atoms with Gasteiger partial charge in [-0.05, 0) is 39.2 Å². The Kier molecular flexibility index (Phi) is 3.49. The Balaban J connectivity index is 2.11. The maximum Gasteiger partial charge on any atom is 0.268 e. The summed E-state index contributed by atoms with van der Waals surface area (Å²) in [4.78, 5) is 26.6. The van der Waals surface area contributed by atoms with Crippen LogP contribution in [-0.2, 0) is 0 Å². The zero-order valence-electron chi connectivity index (χ0n) is 11.6. The Labute approximate surface area is 112 Å². The maximum absolute atomic E-state index is 12.1. The van der Waals surface area contributed by atoms with Crippen LogP contribution in [0, 0.1) is 19.3 Å². The minimum absolute atomic E-state index is 0.0423. The molecule has 0 spiro atoms. The largest absolute Gasteiger partial charge is 0.396 e. The van der Waals surface area contributed by atoms with E-state index in [2.05, 4.69) is 10.3 Å². The van der Waals surface area contributed by atoms with E-state index in [1.54, 1.807) is 13.8 Å². The average Bonchev–Trinajstić information content (AvgIpc) is 3.07. The molecule has 2 rings (SSSR count). The standard InChI is InChI=1S/C14H20N2O3/c1-8-11(10(3)18)9(2)16-12(8)13(19)15-6-14(7-17)4-5-14/h16-17H,4-7H2,1-3H3,(H,15,19). The number of hydrogen-bond donors (Lipinski definition) is 3. The van der Waals surface area contributed by atoms with Crippen molar-refractivity contribution in [2.75, 3.05) is 13.2 Å². The number of carbonyl (C=O) groups is 2. The Hall–Kier alpha value is -1.62. The van der Waals surface area contributed by atoms with Gasteiger partial charge in [0.2, 0.25) is 0 Å². The number of ketones is 1. The third kappa shape index (κ3) is 2.56. The fraction of sp³-hybridized carbons (Fsp3) is 0.571. The van der Waals surface area contributed by atoms with E-state index in [0.717, 1.165) is 18.5 Å². The second kappa shape index (κ2) is 4.81. The number of aliphatic hydroxyl groups is 1. The first kappa shape index (κ1) is 13.8. The molecule has 1 amide bonds. The van der Waals surface area contributed by atoms with E-state index in [9.17, 15) is 14.7 Å². The Bertz CT molecular complexity index is 527. The van der Waals surface area contributed by atoms with E-state index in [1.165, 1.54) is 6.92 Å². The molecule has 1 aromatic rings. The van der Waals surface area contributed by atoms with Crippen LogP contribution in [0.2, 0.25) is 0 Å². The molecule has 19 heavy (non-hydrogen) atoms. The van der Waals surface area contributed by atoms with Gasteiger partial charge in [-0.15, -0.1) is 0 Å². The number of rotatable bonds is 5. The molecule has 0 radical (unpaired) electrons. The molecule has 0 aromatic carbocycles. The zero-order valence-corrected chi connectivity index (χ0v) is 11.6. The molecular weight excluding hydrogens is 244 g/mol. The number of H-pyrrole nitrogens is 1. The second-order valence-electron chi connectivity index (χ2n) is 5.52. The van der Waals surface area contributed by atoms with E-state index in [1.807, 2.05) is 0 Å². The van der Waals surface area contributed by atoms with Crippen LogP contribution in [0.4, 0.5) is 0 Å². The molecule has 0 atom stereocenters. The van der Waals surface area contributed by atoms with E-state index in [-0.39, 0.29) is 23.7 Å². The molecule has 1 aromatic heterocycles. The number of hydrogen-bond acceptors (Lipinski definition) is 3. The van der Waals surface area contributed by atoms with Crippen LogP contribution in [0.25, 0.3) is 0 Å². The fourth-order valence-electron chi connectivity index (χ4n) is 2.43. The van der Waals surface area contributed by atoms with Crippen molar-refractivity contribution in [3.63, 3.8) is 0 Å². The van der Waals surface area contributed by atoms with Crippen molar-refractivity contribution >= 4 is 11.7 Å². The van der Waals surface area contributed by atoms with Crippen molar-refractivity contribution in [3.8, 4) is 0 Å². The van der Waals surface area contributed by atoms with Gasteiger partial charge < -0.3 is 15.4 Å². The Morgan fingerprint density at radius 1 is 1.37 bits per heavy atom. The highest BCUT2D eigenvalue weighted by atomic mass is 16.3. The van der Waals surface area contributed by atoms with E-state index >= 15 is 0 Å². The quantitative estimate of drug-likeness (QED) is 0.702. The molecule has 0 bridgehead atoms. The molecule has 104 valence electrons. The van der Waals surface area contributed by atoms with Crippen LogP contribution >= 0.6 is 0 Å². The van der Waals surface area contributed by atoms with Gasteiger partial charge in [0, 0.05) is 23.2 Å². The normalized spacial score (nSPS) is 16.2. The number of nitrogens with one attached hydrogen (secondary N) is 2. The summed E-state index contributed by atoms with van der Waals surface area (Å²) in [7, 11) is 0. The van der Waals surface area contributed by atoms with Crippen LogP contribution in [0.15, 0.2) is 0 Å². The van der Waals surface area contributed by atoms with Crippen LogP contribution in [0.5, 0.6) is 0 Å². The topological polar surface area (TPSA) is 82.2 Å². The predicted octanol–water partition coefficient (Wildman–Crippen LogP) is 1.34. The minimum atomic E-state index is -0.215. The summed E-state index contributed by atoms with van der Waals surface area (Å²) in [5, 5.41) is 12.0. The summed E-state index contributed by atoms with van der Waals surface area (Å²) >= 11 is 0. The molecule has 5 nitrogen and oxygen atoms in total. The summed E-state index contributed by atoms with van der Waals surface area (Å²) in [6, 6.07) is 0. The number of carbonyl (C=O) groups excluding carboxylic acids is 2. The van der Waals surface area contributed by atoms with Gasteiger partial charge in [-0.1, -0.05) is 0 Å². The first-order chi connectivity index (χ1) is 8.90. The summed E-state index contributed by atoms with van der Waals surface area (Å²) in [5.41, 5.74) is 2.33. The minimum Gasteiger partial charge on any atom is -0.396 e. The van der Waals surface area contributed by atoms with E-state index in [4.69, 9.17) is 0 Å². The number of Topliss-reactive ketones (excluding diaryl/α,β-unsaturated/α-hetero) is 1. The fourth-order valence-corrected chi connectivity index (χ4v) is 2.43. The third-order valence-corrected chi connectivity index (χ3v) is 3.93. The number of amides is 1. The maximum atomic E-state index is 12.1. The highest BCUT2D eigenvalue weighted by Crippen LogP contribution is 2.44. The molecule has 1 aliphatic carbocycles. The molecule has 1 saturated carbocycles. The molecule has 5 heteroatoms. The van der Waals surface area contributed by atoms with Gasteiger partial charge >= 0.3 is 0 Å². The third-order valence-electron chi connectivity index (χ3n) is 3.93. The van der Waals surface area contributed by atoms with Crippen molar-refractivity contribution in [1.82, 2.24) is 10.3 Å². The van der Waals surface area contributed by atoms with Crippen molar-refractivity contribution in [2.45, 2.75) is 33.6 Å². The second-order valence-corrected chi connectivity index (χ2v) is 5.52. The molecular formula is C14H20N2O3. The lowest BCUT2D eigenvalue weighted by molar-refractivity contribution is 0.0930. The summed E-state index contributed by atoms with van der Waals surface area (Å²) < 4.78 is 0. The van der Waals surface area contributed by atoms with E-state index in [0.29, 0.717) is 23.4 Å². The number of aromatic nitrogens is 1. The molecule has 1 fully saturated rings. The van der Waals surface area contributed by atoms with Gasteiger partial charge in [0.15, 0.2) is 5.78 Å². The molecule has 0 saturated heterocycles. The summed E-state index contributed by atoms with van der Waals surface area (Å²) in [6.45, 7) is 5.64. The summed E-state index contributed by atoms with van der Waals surface area (Å²) in [6.07, 6.45) is 1.90. The van der Waals surface area contributed by atoms with Crippen molar-refractivity contribution in [1.29, 1.82) is 0 Å². The highest BCUT2D eigenvalue weighted by Gasteiger charge is 2.42. The van der Waals surface area contributed by atoms with E-state index < -0.39 is 0 Å². The SMILES string of the molecule is CC(=O)c1c(C)[nH]c(C(=O)NCC2(CO)CC2)c1C. The smallest absolute Gasteiger partial charge is 0.268 e. The highest BCUT2D eigenvalue weighted by molar-refractivity contribution is 6.02. The number of aliphatic hydroxyl groups excluding tert-OH is 1. The molecule has 0 aliphatic heterocycles. The first-order valence-corrected chi connectivity index (χ1v) is 6.49. The van der Waals surface area contributed by atoms with Crippen molar-refractivity contribution in [2.24, 2.45) is 5.41 Å². The van der Waals surface area contributed by atoms with Gasteiger partial charge in [-0.25, -0.2) is 0 Å². The van der Waals surface area contributed by atoms with Crippen LogP contribution in [0.1, 0.15) is 51.9 Å². The van der Waals surface area contributed by atoms with Crippen LogP contribution < -0.4 is 5.32 Å².